The van der Waals surface area contributed by atoms with E-state index in [0.717, 1.165) is 13.0 Å². The molecular formula is C14H29N3O. The summed E-state index contributed by atoms with van der Waals surface area (Å²) in [5, 5.41) is 3.06. The summed E-state index contributed by atoms with van der Waals surface area (Å²) >= 11 is 0. The Morgan fingerprint density at radius 1 is 1.50 bits per heavy atom. The Kier molecular flexibility index (Phi) is 6.09. The van der Waals surface area contributed by atoms with E-state index in [1.807, 2.05) is 13.8 Å². The number of nitrogens with one attached hydrogen (secondary N) is 1. The maximum atomic E-state index is 12.2. The smallest absolute Gasteiger partial charge is 0.237 e. The minimum atomic E-state index is -0.0738. The van der Waals surface area contributed by atoms with Crippen molar-refractivity contribution in [2.24, 2.45) is 11.7 Å². The van der Waals surface area contributed by atoms with Gasteiger partial charge in [-0.25, -0.2) is 0 Å². The van der Waals surface area contributed by atoms with Crippen molar-refractivity contribution in [3.8, 4) is 0 Å². The van der Waals surface area contributed by atoms with E-state index >= 15 is 0 Å². The Morgan fingerprint density at radius 3 is 2.72 bits per heavy atom. The van der Waals surface area contributed by atoms with Crippen LogP contribution < -0.4 is 11.1 Å². The highest BCUT2D eigenvalue weighted by molar-refractivity contribution is 5.81. The molecule has 106 valence electrons. The lowest BCUT2D eigenvalue weighted by Gasteiger charge is -2.42. The molecule has 0 saturated carbocycles. The Morgan fingerprint density at radius 2 is 2.17 bits per heavy atom. The number of rotatable bonds is 5. The first-order valence-electron chi connectivity index (χ1n) is 7.27. The molecule has 0 aliphatic carbocycles. The summed E-state index contributed by atoms with van der Waals surface area (Å²) in [5.74, 6) is 0.722. The van der Waals surface area contributed by atoms with Gasteiger partial charge in [0.05, 0.1) is 6.04 Å². The van der Waals surface area contributed by atoms with E-state index in [2.05, 4.69) is 24.1 Å². The number of nitrogens with two attached hydrogens (primary N) is 1. The van der Waals surface area contributed by atoms with Crippen LogP contribution in [0, 0.1) is 5.92 Å². The molecule has 0 aromatic rings. The van der Waals surface area contributed by atoms with E-state index in [9.17, 15) is 4.79 Å². The van der Waals surface area contributed by atoms with Crippen LogP contribution in [0.2, 0.25) is 0 Å². The number of carbonyl (C=O) groups is 1. The van der Waals surface area contributed by atoms with Crippen molar-refractivity contribution >= 4 is 5.91 Å². The molecule has 0 bridgehead atoms. The average Bonchev–Trinajstić information content (AvgIpc) is 2.37. The minimum absolute atomic E-state index is 0.0738. The summed E-state index contributed by atoms with van der Waals surface area (Å²) in [5.41, 5.74) is 5.88. The lowest BCUT2D eigenvalue weighted by Crippen LogP contribution is -2.57. The van der Waals surface area contributed by atoms with Gasteiger partial charge in [-0.3, -0.25) is 9.69 Å². The lowest BCUT2D eigenvalue weighted by molar-refractivity contribution is -0.128. The zero-order chi connectivity index (χ0) is 13.7. The number of carbonyl (C=O) groups excluding carboxylic acids is 1. The van der Waals surface area contributed by atoms with Crippen LogP contribution >= 0.6 is 0 Å². The second-order valence-electron chi connectivity index (χ2n) is 5.65. The molecule has 0 spiro atoms. The Hall–Kier alpha value is -0.610. The van der Waals surface area contributed by atoms with Gasteiger partial charge in [0.25, 0.3) is 0 Å². The SMILES string of the molecule is CCC(C)NC(=O)C(C)N1CCCC(C)C1CN. The molecule has 4 heteroatoms. The summed E-state index contributed by atoms with van der Waals surface area (Å²) < 4.78 is 0. The number of hydrogen-bond acceptors (Lipinski definition) is 3. The molecule has 1 amide bonds. The van der Waals surface area contributed by atoms with Crippen molar-refractivity contribution in [3.05, 3.63) is 0 Å². The summed E-state index contributed by atoms with van der Waals surface area (Å²) in [6, 6.07) is 0.519. The van der Waals surface area contributed by atoms with Gasteiger partial charge in [-0.1, -0.05) is 13.8 Å². The zero-order valence-corrected chi connectivity index (χ0v) is 12.3. The predicted octanol–water partition coefficient (Wildman–Crippen LogP) is 1.35. The minimum Gasteiger partial charge on any atom is -0.352 e. The summed E-state index contributed by atoms with van der Waals surface area (Å²) in [6.45, 7) is 10.00. The average molecular weight is 255 g/mol. The van der Waals surface area contributed by atoms with Gasteiger partial charge >= 0.3 is 0 Å². The third-order valence-electron chi connectivity index (χ3n) is 4.28. The number of likely N-dealkylation sites (tertiary alicyclic amines) is 1. The molecule has 4 atom stereocenters. The van der Waals surface area contributed by atoms with E-state index in [0.29, 0.717) is 18.5 Å². The van der Waals surface area contributed by atoms with Gasteiger partial charge < -0.3 is 11.1 Å². The van der Waals surface area contributed by atoms with E-state index < -0.39 is 0 Å². The molecule has 0 aromatic heterocycles. The van der Waals surface area contributed by atoms with Crippen LogP contribution in [0.3, 0.4) is 0 Å². The van der Waals surface area contributed by atoms with Gasteiger partial charge in [-0.15, -0.1) is 0 Å². The molecule has 0 radical (unpaired) electrons. The molecule has 1 aliphatic heterocycles. The number of amides is 1. The van der Waals surface area contributed by atoms with E-state index in [1.165, 1.54) is 12.8 Å². The quantitative estimate of drug-likeness (QED) is 0.779. The van der Waals surface area contributed by atoms with Crippen molar-refractivity contribution in [3.63, 3.8) is 0 Å². The molecule has 1 heterocycles. The van der Waals surface area contributed by atoms with E-state index in [4.69, 9.17) is 5.73 Å². The molecule has 0 aromatic carbocycles. The van der Waals surface area contributed by atoms with Gasteiger partial charge in [-0.2, -0.15) is 0 Å². The van der Waals surface area contributed by atoms with E-state index in [1.54, 1.807) is 0 Å². The van der Waals surface area contributed by atoms with Gasteiger partial charge in [0.2, 0.25) is 5.91 Å². The maximum absolute atomic E-state index is 12.2. The molecule has 4 nitrogen and oxygen atoms in total. The summed E-state index contributed by atoms with van der Waals surface area (Å²) in [4.78, 5) is 14.5. The van der Waals surface area contributed by atoms with E-state index in [-0.39, 0.29) is 18.0 Å². The Balaban J connectivity index is 2.63. The van der Waals surface area contributed by atoms with Gasteiger partial charge in [0.15, 0.2) is 0 Å². The van der Waals surface area contributed by atoms with Crippen LogP contribution in [0.15, 0.2) is 0 Å². The standard InChI is InChI=1S/C14H29N3O/c1-5-11(3)16-14(18)12(4)17-8-6-7-10(2)13(17)9-15/h10-13H,5-9,15H2,1-4H3,(H,16,18). The number of piperidine rings is 1. The topological polar surface area (TPSA) is 58.4 Å². The molecular weight excluding hydrogens is 226 g/mol. The van der Waals surface area contributed by atoms with Crippen molar-refractivity contribution in [1.82, 2.24) is 10.2 Å². The van der Waals surface area contributed by atoms with Crippen LogP contribution in [0.25, 0.3) is 0 Å². The zero-order valence-electron chi connectivity index (χ0n) is 12.3. The fraction of sp³-hybridized carbons (Fsp3) is 0.929. The largest absolute Gasteiger partial charge is 0.352 e. The van der Waals surface area contributed by atoms with Crippen LogP contribution in [-0.4, -0.2) is 42.0 Å². The van der Waals surface area contributed by atoms with Crippen molar-refractivity contribution < 1.29 is 4.79 Å². The second kappa shape index (κ2) is 7.10. The molecule has 1 fully saturated rings. The van der Waals surface area contributed by atoms with Crippen LogP contribution in [0.4, 0.5) is 0 Å². The molecule has 3 N–H and O–H groups in total. The van der Waals surface area contributed by atoms with Crippen molar-refractivity contribution in [2.45, 2.75) is 65.1 Å². The van der Waals surface area contributed by atoms with Crippen molar-refractivity contribution in [2.75, 3.05) is 13.1 Å². The molecule has 1 aliphatic rings. The Bertz CT molecular complexity index is 270. The lowest BCUT2D eigenvalue weighted by atomic mass is 9.89. The normalized spacial score (nSPS) is 28.7. The third-order valence-corrected chi connectivity index (χ3v) is 4.28. The number of hydrogen-bond donors (Lipinski definition) is 2. The highest BCUT2D eigenvalue weighted by atomic mass is 16.2. The highest BCUT2D eigenvalue weighted by Gasteiger charge is 2.33. The first kappa shape index (κ1) is 15.4. The third kappa shape index (κ3) is 3.69. The molecule has 18 heavy (non-hydrogen) atoms. The van der Waals surface area contributed by atoms with Crippen molar-refractivity contribution in [1.29, 1.82) is 0 Å². The maximum Gasteiger partial charge on any atom is 0.237 e. The second-order valence-corrected chi connectivity index (χ2v) is 5.65. The fourth-order valence-electron chi connectivity index (χ4n) is 2.75. The molecule has 4 unspecified atom stereocenters. The first-order valence-corrected chi connectivity index (χ1v) is 7.27. The van der Waals surface area contributed by atoms with Crippen LogP contribution in [-0.2, 0) is 4.79 Å². The highest BCUT2D eigenvalue weighted by Crippen LogP contribution is 2.24. The van der Waals surface area contributed by atoms with Gasteiger partial charge in [0.1, 0.15) is 0 Å². The fourth-order valence-corrected chi connectivity index (χ4v) is 2.75. The molecule has 1 rings (SSSR count). The predicted molar refractivity (Wildman–Crippen MR) is 75.3 cm³/mol. The van der Waals surface area contributed by atoms with Crippen LogP contribution in [0.5, 0.6) is 0 Å². The monoisotopic (exact) mass is 255 g/mol. The van der Waals surface area contributed by atoms with Crippen LogP contribution in [0.1, 0.15) is 47.0 Å². The summed E-state index contributed by atoms with van der Waals surface area (Å²) in [7, 11) is 0. The molecule has 1 saturated heterocycles. The first-order chi connectivity index (χ1) is 8.51. The number of nitrogens with zero attached hydrogens (tertiary/aromatic N) is 1. The Labute approximate surface area is 111 Å². The van der Waals surface area contributed by atoms with Gasteiger partial charge in [-0.05, 0) is 45.6 Å². The van der Waals surface area contributed by atoms with Gasteiger partial charge in [0, 0.05) is 18.6 Å². The summed E-state index contributed by atoms with van der Waals surface area (Å²) in [6.07, 6.45) is 3.35.